The molecule has 3 rings (SSSR count). The largest absolute Gasteiger partial charge is 0.416 e. The first kappa shape index (κ1) is 16.6. The summed E-state index contributed by atoms with van der Waals surface area (Å²) in [5.41, 5.74) is 0.103. The maximum Gasteiger partial charge on any atom is 0.416 e. The van der Waals surface area contributed by atoms with Gasteiger partial charge in [0.15, 0.2) is 0 Å². The van der Waals surface area contributed by atoms with Crippen LogP contribution in [0.15, 0.2) is 54.6 Å². The number of nitrogens with one attached hydrogen (secondary N) is 1. The summed E-state index contributed by atoms with van der Waals surface area (Å²) >= 11 is 0. The number of carbonyl (C=O) groups excluding carboxylic acids is 1. The molecule has 1 fully saturated rings. The smallest absolute Gasteiger partial charge is 0.343 e. The zero-order valence-electron chi connectivity index (χ0n) is 13.1. The third-order valence-corrected chi connectivity index (χ3v) is 4.61. The van der Waals surface area contributed by atoms with Gasteiger partial charge in [0.05, 0.1) is 11.1 Å². The van der Waals surface area contributed by atoms with Crippen LogP contribution in [0.2, 0.25) is 0 Å². The van der Waals surface area contributed by atoms with E-state index in [1.807, 2.05) is 30.3 Å². The maximum absolute atomic E-state index is 12.6. The molecule has 1 aliphatic carbocycles. The monoisotopic (exact) mass is 333 g/mol. The van der Waals surface area contributed by atoms with E-state index in [1.54, 1.807) is 0 Å². The van der Waals surface area contributed by atoms with Crippen LogP contribution in [-0.4, -0.2) is 5.91 Å². The zero-order chi connectivity index (χ0) is 17.2. The summed E-state index contributed by atoms with van der Waals surface area (Å²) in [6.45, 7) is 0. The fourth-order valence-electron chi connectivity index (χ4n) is 3.32. The van der Waals surface area contributed by atoms with Gasteiger partial charge in [0, 0.05) is 5.56 Å². The second-order valence-electron chi connectivity index (χ2n) is 6.18. The van der Waals surface area contributed by atoms with Crippen LogP contribution in [0.1, 0.15) is 47.2 Å². The van der Waals surface area contributed by atoms with E-state index in [2.05, 4.69) is 5.32 Å². The average Bonchev–Trinajstić information content (AvgIpc) is 3.05. The highest BCUT2D eigenvalue weighted by Gasteiger charge is 2.37. The molecule has 1 amide bonds. The van der Waals surface area contributed by atoms with Gasteiger partial charge in [-0.05, 0) is 42.7 Å². The molecular formula is C19H18F3NO. The van der Waals surface area contributed by atoms with Gasteiger partial charge in [-0.3, -0.25) is 4.79 Å². The van der Waals surface area contributed by atoms with Crippen LogP contribution in [-0.2, 0) is 11.7 Å². The van der Waals surface area contributed by atoms with Crippen molar-refractivity contribution >= 4 is 5.91 Å². The van der Waals surface area contributed by atoms with E-state index in [-0.39, 0.29) is 11.5 Å². The van der Waals surface area contributed by atoms with Crippen molar-refractivity contribution in [3.63, 3.8) is 0 Å². The number of hydrogen-bond acceptors (Lipinski definition) is 1. The van der Waals surface area contributed by atoms with Crippen LogP contribution in [0, 0.1) is 0 Å². The average molecular weight is 333 g/mol. The molecule has 0 unspecified atom stereocenters. The van der Waals surface area contributed by atoms with Crippen LogP contribution < -0.4 is 5.32 Å². The Balaban J connectivity index is 1.82. The maximum atomic E-state index is 12.6. The van der Waals surface area contributed by atoms with Gasteiger partial charge in [-0.25, -0.2) is 0 Å². The van der Waals surface area contributed by atoms with Crippen LogP contribution in [0.4, 0.5) is 13.2 Å². The third-order valence-electron chi connectivity index (χ3n) is 4.61. The Labute approximate surface area is 138 Å². The highest BCUT2D eigenvalue weighted by molar-refractivity contribution is 5.94. The van der Waals surface area contributed by atoms with Crippen molar-refractivity contribution in [2.75, 3.05) is 0 Å². The number of alkyl halides is 3. The Morgan fingerprint density at radius 1 is 0.917 bits per heavy atom. The Morgan fingerprint density at radius 3 is 2.04 bits per heavy atom. The Bertz CT molecular complexity index is 702. The molecule has 1 aliphatic rings. The molecule has 0 aromatic heterocycles. The molecule has 0 saturated heterocycles. The molecular weight excluding hydrogens is 315 g/mol. The predicted octanol–water partition coefficient (Wildman–Crippen LogP) is 4.90. The SMILES string of the molecule is O=C(NC1(c2ccccc2)CCCC1)c1ccc(C(F)(F)F)cc1. The molecule has 0 heterocycles. The van der Waals surface area contributed by atoms with E-state index < -0.39 is 17.3 Å². The van der Waals surface area contributed by atoms with Crippen molar-refractivity contribution in [3.8, 4) is 0 Å². The normalized spacial score (nSPS) is 16.8. The number of carbonyl (C=O) groups is 1. The molecule has 1 N–H and O–H groups in total. The van der Waals surface area contributed by atoms with Crippen LogP contribution in [0.3, 0.4) is 0 Å². The van der Waals surface area contributed by atoms with Gasteiger partial charge < -0.3 is 5.32 Å². The van der Waals surface area contributed by atoms with Gasteiger partial charge in [0.2, 0.25) is 0 Å². The highest BCUT2D eigenvalue weighted by atomic mass is 19.4. The Hall–Kier alpha value is -2.30. The van der Waals surface area contributed by atoms with Crippen molar-refractivity contribution in [1.29, 1.82) is 0 Å². The van der Waals surface area contributed by atoms with Gasteiger partial charge in [0.25, 0.3) is 5.91 Å². The first-order chi connectivity index (χ1) is 11.4. The van der Waals surface area contributed by atoms with E-state index in [4.69, 9.17) is 0 Å². The highest BCUT2D eigenvalue weighted by Crippen LogP contribution is 2.39. The van der Waals surface area contributed by atoms with Crippen LogP contribution in [0.5, 0.6) is 0 Å². The summed E-state index contributed by atoms with van der Waals surface area (Å²) in [6, 6.07) is 14.1. The zero-order valence-corrected chi connectivity index (χ0v) is 13.1. The number of halogens is 3. The standard InChI is InChI=1S/C19H18F3NO/c20-19(21,22)16-10-8-14(9-11-16)17(24)23-18(12-4-5-13-18)15-6-2-1-3-7-15/h1-3,6-11H,4-5,12-13H2,(H,23,24). The molecule has 5 heteroatoms. The summed E-state index contributed by atoms with van der Waals surface area (Å²) in [6.07, 6.45) is -0.692. The van der Waals surface area contributed by atoms with Crippen molar-refractivity contribution in [1.82, 2.24) is 5.32 Å². The number of amides is 1. The fraction of sp³-hybridized carbons (Fsp3) is 0.316. The van der Waals surface area contributed by atoms with Crippen LogP contribution >= 0.6 is 0 Å². The van der Waals surface area contributed by atoms with E-state index in [9.17, 15) is 18.0 Å². The van der Waals surface area contributed by atoms with E-state index in [0.29, 0.717) is 0 Å². The molecule has 0 aliphatic heterocycles. The summed E-state index contributed by atoms with van der Waals surface area (Å²) in [7, 11) is 0. The van der Waals surface area contributed by atoms with Crippen LogP contribution in [0.25, 0.3) is 0 Å². The molecule has 0 bridgehead atoms. The molecule has 24 heavy (non-hydrogen) atoms. The van der Waals surface area contributed by atoms with Crippen molar-refractivity contribution < 1.29 is 18.0 Å². The molecule has 2 aromatic rings. The summed E-state index contributed by atoms with van der Waals surface area (Å²) < 4.78 is 37.9. The lowest BCUT2D eigenvalue weighted by Gasteiger charge is -2.31. The topological polar surface area (TPSA) is 29.1 Å². The first-order valence-corrected chi connectivity index (χ1v) is 7.96. The van der Waals surface area contributed by atoms with E-state index in [1.165, 1.54) is 12.1 Å². The predicted molar refractivity (Wildman–Crippen MR) is 85.5 cm³/mol. The van der Waals surface area contributed by atoms with E-state index in [0.717, 1.165) is 43.4 Å². The molecule has 126 valence electrons. The Kier molecular flexibility index (Phi) is 4.35. The molecule has 0 radical (unpaired) electrons. The summed E-state index contributed by atoms with van der Waals surface area (Å²) in [5, 5.41) is 3.06. The van der Waals surface area contributed by atoms with Gasteiger partial charge in [0.1, 0.15) is 0 Å². The Morgan fingerprint density at radius 2 is 1.50 bits per heavy atom. The van der Waals surface area contributed by atoms with Gasteiger partial charge >= 0.3 is 6.18 Å². The molecule has 1 saturated carbocycles. The molecule has 2 nitrogen and oxygen atoms in total. The van der Waals surface area contributed by atoms with Gasteiger partial charge in [-0.15, -0.1) is 0 Å². The quantitative estimate of drug-likeness (QED) is 0.850. The lowest BCUT2D eigenvalue weighted by Crippen LogP contribution is -2.43. The number of rotatable bonds is 3. The fourth-order valence-corrected chi connectivity index (χ4v) is 3.32. The van der Waals surface area contributed by atoms with Crippen molar-refractivity contribution in [2.24, 2.45) is 0 Å². The number of hydrogen-bond donors (Lipinski definition) is 1. The second kappa shape index (κ2) is 6.30. The van der Waals surface area contributed by atoms with Crippen molar-refractivity contribution in [3.05, 3.63) is 71.3 Å². The lowest BCUT2D eigenvalue weighted by atomic mass is 9.88. The molecule has 2 aromatic carbocycles. The third kappa shape index (κ3) is 3.30. The van der Waals surface area contributed by atoms with Crippen molar-refractivity contribution in [2.45, 2.75) is 37.4 Å². The van der Waals surface area contributed by atoms with E-state index >= 15 is 0 Å². The van der Waals surface area contributed by atoms with Gasteiger partial charge in [-0.2, -0.15) is 13.2 Å². The first-order valence-electron chi connectivity index (χ1n) is 7.96. The van der Waals surface area contributed by atoms with Gasteiger partial charge in [-0.1, -0.05) is 43.2 Å². The summed E-state index contributed by atoms with van der Waals surface area (Å²) in [5.74, 6) is -0.338. The minimum absolute atomic E-state index is 0.241. The minimum atomic E-state index is -4.40. The summed E-state index contributed by atoms with van der Waals surface area (Å²) in [4.78, 5) is 12.5. The molecule has 0 spiro atoms. The minimum Gasteiger partial charge on any atom is -0.343 e. The second-order valence-corrected chi connectivity index (χ2v) is 6.18. The lowest BCUT2D eigenvalue weighted by molar-refractivity contribution is -0.137. The molecule has 0 atom stereocenters. The number of benzene rings is 2.